The van der Waals surface area contributed by atoms with Gasteiger partial charge in [-0.15, -0.1) is 12.4 Å². The van der Waals surface area contributed by atoms with E-state index in [1.807, 2.05) is 0 Å². The van der Waals surface area contributed by atoms with Crippen molar-refractivity contribution in [1.29, 1.82) is 0 Å². The molecule has 0 bridgehead atoms. The maximum Gasteiger partial charge on any atom is 0.241 e. The highest BCUT2D eigenvalue weighted by Crippen LogP contribution is 2.12. The van der Waals surface area contributed by atoms with Crippen LogP contribution < -0.4 is 10.6 Å². The fourth-order valence-corrected chi connectivity index (χ4v) is 1.84. The van der Waals surface area contributed by atoms with Gasteiger partial charge in [-0.2, -0.15) is 0 Å². The second-order valence-electron chi connectivity index (χ2n) is 4.00. The molecular weight excluding hydrogens is 243 g/mol. The Morgan fingerprint density at radius 2 is 2.00 bits per heavy atom. The Morgan fingerprint density at radius 1 is 1.29 bits per heavy atom. The second kappa shape index (κ2) is 6.57. The Balaban J connectivity index is 0.00000144. The summed E-state index contributed by atoms with van der Waals surface area (Å²) < 4.78 is 12.7. The van der Waals surface area contributed by atoms with Crippen molar-refractivity contribution in [2.45, 2.75) is 25.3 Å². The molecule has 0 spiro atoms. The highest BCUT2D eigenvalue weighted by molar-refractivity contribution is 5.94. The lowest BCUT2D eigenvalue weighted by atomic mass is 10.0. The average molecular weight is 259 g/mol. The number of rotatable bonds is 2. The van der Waals surface area contributed by atoms with E-state index in [2.05, 4.69) is 10.6 Å². The Morgan fingerprint density at radius 3 is 2.59 bits per heavy atom. The predicted molar refractivity (Wildman–Crippen MR) is 67.9 cm³/mol. The summed E-state index contributed by atoms with van der Waals surface area (Å²) in [5.74, 6) is -0.333. The number of carbonyl (C=O) groups is 1. The third kappa shape index (κ3) is 3.98. The van der Waals surface area contributed by atoms with Crippen molar-refractivity contribution in [3.8, 4) is 0 Å². The van der Waals surface area contributed by atoms with Crippen molar-refractivity contribution in [2.24, 2.45) is 0 Å². The van der Waals surface area contributed by atoms with Crippen molar-refractivity contribution < 1.29 is 9.18 Å². The Hall–Kier alpha value is -1.13. The molecule has 0 aromatic heterocycles. The summed E-state index contributed by atoms with van der Waals surface area (Å²) in [5, 5.41) is 5.94. The molecule has 1 atom stereocenters. The number of anilines is 1. The van der Waals surface area contributed by atoms with Gasteiger partial charge in [-0.1, -0.05) is 6.42 Å². The fraction of sp³-hybridized carbons (Fsp3) is 0.417. The number of hydrogen-bond donors (Lipinski definition) is 2. The minimum Gasteiger partial charge on any atom is -0.325 e. The van der Waals surface area contributed by atoms with Crippen molar-refractivity contribution in [3.05, 3.63) is 30.1 Å². The number of carbonyl (C=O) groups excluding carboxylic acids is 1. The van der Waals surface area contributed by atoms with Crippen LogP contribution >= 0.6 is 12.4 Å². The third-order valence-corrected chi connectivity index (χ3v) is 2.74. The minimum absolute atomic E-state index is 0. The zero-order chi connectivity index (χ0) is 11.4. The van der Waals surface area contributed by atoms with Crippen LogP contribution in [0.2, 0.25) is 0 Å². The normalized spacial score (nSPS) is 19.2. The summed E-state index contributed by atoms with van der Waals surface area (Å²) in [6.45, 7) is 0.890. The zero-order valence-corrected chi connectivity index (χ0v) is 10.2. The minimum atomic E-state index is -0.297. The van der Waals surface area contributed by atoms with Crippen LogP contribution in [0.1, 0.15) is 19.3 Å². The third-order valence-electron chi connectivity index (χ3n) is 2.74. The molecule has 94 valence electrons. The van der Waals surface area contributed by atoms with Crippen LogP contribution in [0.15, 0.2) is 24.3 Å². The SMILES string of the molecule is Cl.O=C(Nc1ccc(F)cc1)[C@H]1CCCCN1. The van der Waals surface area contributed by atoms with E-state index in [1.54, 1.807) is 12.1 Å². The van der Waals surface area contributed by atoms with Crippen molar-refractivity contribution >= 4 is 24.0 Å². The van der Waals surface area contributed by atoms with Gasteiger partial charge < -0.3 is 10.6 Å². The molecule has 3 nitrogen and oxygen atoms in total. The molecule has 1 aromatic carbocycles. The van der Waals surface area contributed by atoms with Gasteiger partial charge in [-0.05, 0) is 43.7 Å². The lowest BCUT2D eigenvalue weighted by Gasteiger charge is -2.22. The van der Waals surface area contributed by atoms with Gasteiger partial charge in [0, 0.05) is 5.69 Å². The largest absolute Gasteiger partial charge is 0.325 e. The Kier molecular flexibility index (Phi) is 5.38. The van der Waals surface area contributed by atoms with E-state index in [4.69, 9.17) is 0 Å². The maximum absolute atomic E-state index is 12.7. The standard InChI is InChI=1S/C12H15FN2O.ClH/c13-9-4-6-10(7-5-9)15-12(16)11-3-1-2-8-14-11;/h4-7,11,14H,1-3,8H2,(H,15,16);1H/t11-;/m1./s1. The average Bonchev–Trinajstić information content (AvgIpc) is 2.33. The smallest absolute Gasteiger partial charge is 0.241 e. The summed E-state index contributed by atoms with van der Waals surface area (Å²) in [6, 6.07) is 5.69. The first-order chi connectivity index (χ1) is 7.75. The van der Waals surface area contributed by atoms with Gasteiger partial charge in [0.1, 0.15) is 5.82 Å². The Bertz CT molecular complexity index is 363. The van der Waals surface area contributed by atoms with Crippen LogP contribution in [0, 0.1) is 5.82 Å². The van der Waals surface area contributed by atoms with Gasteiger partial charge in [0.15, 0.2) is 0 Å². The molecule has 0 saturated carbocycles. The highest BCUT2D eigenvalue weighted by Gasteiger charge is 2.20. The van der Waals surface area contributed by atoms with E-state index in [0.717, 1.165) is 25.8 Å². The molecule has 0 unspecified atom stereocenters. The number of nitrogens with one attached hydrogen (secondary N) is 2. The van der Waals surface area contributed by atoms with E-state index in [1.165, 1.54) is 12.1 Å². The van der Waals surface area contributed by atoms with Crippen molar-refractivity contribution in [1.82, 2.24) is 5.32 Å². The molecule has 0 aliphatic carbocycles. The molecule has 1 aliphatic rings. The van der Waals surface area contributed by atoms with E-state index in [0.29, 0.717) is 5.69 Å². The summed E-state index contributed by atoms with van der Waals surface area (Å²) in [5.41, 5.74) is 0.638. The summed E-state index contributed by atoms with van der Waals surface area (Å²) in [7, 11) is 0. The molecule has 1 aromatic rings. The number of piperidine rings is 1. The van der Waals surface area contributed by atoms with E-state index >= 15 is 0 Å². The van der Waals surface area contributed by atoms with E-state index < -0.39 is 0 Å². The predicted octanol–water partition coefficient (Wildman–Crippen LogP) is 2.33. The van der Waals surface area contributed by atoms with Gasteiger partial charge in [-0.25, -0.2) is 4.39 Å². The number of amides is 1. The van der Waals surface area contributed by atoms with E-state index in [-0.39, 0.29) is 30.2 Å². The maximum atomic E-state index is 12.7. The number of halogens is 2. The quantitative estimate of drug-likeness (QED) is 0.855. The van der Waals surface area contributed by atoms with Crippen LogP contribution in [-0.2, 0) is 4.79 Å². The first-order valence-electron chi connectivity index (χ1n) is 5.55. The molecule has 1 amide bonds. The monoisotopic (exact) mass is 258 g/mol. The van der Waals surface area contributed by atoms with Crippen LogP contribution in [0.3, 0.4) is 0 Å². The van der Waals surface area contributed by atoms with Gasteiger partial charge >= 0.3 is 0 Å². The molecule has 1 heterocycles. The molecule has 2 rings (SSSR count). The first kappa shape index (κ1) is 13.9. The lowest BCUT2D eigenvalue weighted by Crippen LogP contribution is -2.43. The molecule has 1 aliphatic heterocycles. The number of benzene rings is 1. The molecule has 5 heteroatoms. The molecule has 0 radical (unpaired) electrons. The second-order valence-corrected chi connectivity index (χ2v) is 4.00. The molecular formula is C12H16ClFN2O. The van der Waals surface area contributed by atoms with E-state index in [9.17, 15) is 9.18 Å². The van der Waals surface area contributed by atoms with Gasteiger partial charge in [-0.3, -0.25) is 4.79 Å². The molecule has 1 saturated heterocycles. The zero-order valence-electron chi connectivity index (χ0n) is 9.41. The highest BCUT2D eigenvalue weighted by atomic mass is 35.5. The molecule has 1 fully saturated rings. The topological polar surface area (TPSA) is 41.1 Å². The first-order valence-corrected chi connectivity index (χ1v) is 5.55. The van der Waals surface area contributed by atoms with Gasteiger partial charge in [0.25, 0.3) is 0 Å². The Labute approximate surface area is 106 Å². The van der Waals surface area contributed by atoms with Gasteiger partial charge in [0.05, 0.1) is 6.04 Å². The summed E-state index contributed by atoms with van der Waals surface area (Å²) in [4.78, 5) is 11.8. The van der Waals surface area contributed by atoms with Crippen molar-refractivity contribution in [2.75, 3.05) is 11.9 Å². The van der Waals surface area contributed by atoms with Crippen LogP contribution in [0.5, 0.6) is 0 Å². The fourth-order valence-electron chi connectivity index (χ4n) is 1.84. The van der Waals surface area contributed by atoms with Crippen LogP contribution in [-0.4, -0.2) is 18.5 Å². The van der Waals surface area contributed by atoms with Crippen LogP contribution in [0.4, 0.5) is 10.1 Å². The van der Waals surface area contributed by atoms with Crippen LogP contribution in [0.25, 0.3) is 0 Å². The molecule has 17 heavy (non-hydrogen) atoms. The number of hydrogen-bond acceptors (Lipinski definition) is 2. The lowest BCUT2D eigenvalue weighted by molar-refractivity contribution is -0.118. The summed E-state index contributed by atoms with van der Waals surface area (Å²) in [6.07, 6.45) is 3.07. The van der Waals surface area contributed by atoms with Gasteiger partial charge in [0.2, 0.25) is 5.91 Å². The van der Waals surface area contributed by atoms with Crippen molar-refractivity contribution in [3.63, 3.8) is 0 Å². The summed E-state index contributed by atoms with van der Waals surface area (Å²) >= 11 is 0. The molecule has 2 N–H and O–H groups in total.